The van der Waals surface area contributed by atoms with E-state index in [4.69, 9.17) is 16.3 Å². The molecule has 0 fully saturated rings. The number of ether oxygens (including phenoxy) is 1. The number of thioether (sulfide) groups is 1. The number of H-pyrrole nitrogens is 1. The molecule has 0 amide bonds. The van der Waals surface area contributed by atoms with Crippen LogP contribution in [0.1, 0.15) is 21.6 Å². The van der Waals surface area contributed by atoms with Crippen LogP contribution in [0.3, 0.4) is 0 Å². The van der Waals surface area contributed by atoms with Crippen molar-refractivity contribution in [2.45, 2.75) is 17.7 Å². The van der Waals surface area contributed by atoms with Crippen molar-refractivity contribution in [1.82, 2.24) is 9.97 Å². The Morgan fingerprint density at radius 3 is 2.67 bits per heavy atom. The summed E-state index contributed by atoms with van der Waals surface area (Å²) in [7, 11) is 1.29. The standard InChI is InChI=1S/C14H13ClN2O3S/c1-8-11(13(18)20-2)12(17-14(19)16-8)21-7-9-3-5-10(15)6-4-9/h3-6H,7H2,1-2H3,(H,16,17,19). The van der Waals surface area contributed by atoms with Crippen molar-refractivity contribution in [2.24, 2.45) is 0 Å². The SMILES string of the molecule is COC(=O)c1c(SCc2ccc(Cl)cc2)nc(=O)[nH]c1C. The zero-order valence-electron chi connectivity index (χ0n) is 11.5. The first kappa shape index (κ1) is 15.6. The number of hydrogen-bond donors (Lipinski definition) is 1. The van der Waals surface area contributed by atoms with E-state index in [1.807, 2.05) is 12.1 Å². The van der Waals surface area contributed by atoms with Gasteiger partial charge >= 0.3 is 11.7 Å². The molecule has 0 aliphatic rings. The van der Waals surface area contributed by atoms with E-state index < -0.39 is 11.7 Å². The minimum atomic E-state index is -0.519. The molecule has 0 bridgehead atoms. The fraction of sp³-hybridized carbons (Fsp3) is 0.214. The fourth-order valence-corrected chi connectivity index (χ4v) is 2.89. The summed E-state index contributed by atoms with van der Waals surface area (Å²) in [6, 6.07) is 7.34. The van der Waals surface area contributed by atoms with Crippen molar-refractivity contribution >= 4 is 29.3 Å². The number of nitrogens with zero attached hydrogens (tertiary/aromatic N) is 1. The number of carbonyl (C=O) groups excluding carboxylic acids is 1. The number of carbonyl (C=O) groups is 1. The van der Waals surface area contributed by atoms with Crippen LogP contribution < -0.4 is 5.69 Å². The number of aryl methyl sites for hydroxylation is 1. The van der Waals surface area contributed by atoms with Gasteiger partial charge in [-0.25, -0.2) is 9.59 Å². The maximum Gasteiger partial charge on any atom is 0.346 e. The summed E-state index contributed by atoms with van der Waals surface area (Å²) >= 11 is 7.13. The van der Waals surface area contributed by atoms with Crippen LogP contribution in [0.25, 0.3) is 0 Å². The van der Waals surface area contributed by atoms with Crippen molar-refractivity contribution < 1.29 is 9.53 Å². The van der Waals surface area contributed by atoms with Crippen LogP contribution in [0.5, 0.6) is 0 Å². The minimum absolute atomic E-state index is 0.288. The Bertz CT molecular complexity index is 713. The summed E-state index contributed by atoms with van der Waals surface area (Å²) < 4.78 is 4.73. The Morgan fingerprint density at radius 1 is 1.38 bits per heavy atom. The lowest BCUT2D eigenvalue weighted by Gasteiger charge is -2.08. The van der Waals surface area contributed by atoms with Crippen molar-refractivity contribution in [3.8, 4) is 0 Å². The normalized spacial score (nSPS) is 10.4. The van der Waals surface area contributed by atoms with E-state index in [-0.39, 0.29) is 5.56 Å². The van der Waals surface area contributed by atoms with Gasteiger partial charge in [-0.15, -0.1) is 11.8 Å². The van der Waals surface area contributed by atoms with E-state index in [1.165, 1.54) is 18.9 Å². The van der Waals surface area contributed by atoms with E-state index in [1.54, 1.807) is 19.1 Å². The first-order chi connectivity index (χ1) is 10.0. The van der Waals surface area contributed by atoms with Crippen molar-refractivity contribution in [2.75, 3.05) is 7.11 Å². The van der Waals surface area contributed by atoms with Crippen LogP contribution >= 0.6 is 23.4 Å². The summed E-state index contributed by atoms with van der Waals surface area (Å²) in [5, 5.41) is 1.02. The van der Waals surface area contributed by atoms with Crippen LogP contribution in [-0.4, -0.2) is 23.0 Å². The molecule has 0 saturated carbocycles. The number of methoxy groups -OCH3 is 1. The molecule has 0 unspecified atom stereocenters. The number of aromatic nitrogens is 2. The number of esters is 1. The molecule has 2 rings (SSSR count). The molecule has 0 radical (unpaired) electrons. The van der Waals surface area contributed by atoms with Gasteiger partial charge in [0.25, 0.3) is 0 Å². The number of aromatic amines is 1. The highest BCUT2D eigenvalue weighted by Crippen LogP contribution is 2.25. The Hall–Kier alpha value is -1.79. The van der Waals surface area contributed by atoms with Gasteiger partial charge < -0.3 is 9.72 Å². The lowest BCUT2D eigenvalue weighted by molar-refractivity contribution is 0.0594. The molecule has 0 spiro atoms. The highest BCUT2D eigenvalue weighted by molar-refractivity contribution is 7.98. The van der Waals surface area contributed by atoms with Crippen LogP contribution in [0.4, 0.5) is 0 Å². The van der Waals surface area contributed by atoms with Gasteiger partial charge in [0.1, 0.15) is 10.6 Å². The zero-order valence-corrected chi connectivity index (χ0v) is 13.0. The summed E-state index contributed by atoms with van der Waals surface area (Å²) in [5.74, 6) is 0.0479. The lowest BCUT2D eigenvalue weighted by atomic mass is 10.2. The molecular weight excluding hydrogens is 312 g/mol. The maximum absolute atomic E-state index is 11.8. The molecule has 0 saturated heterocycles. The number of nitrogens with one attached hydrogen (secondary N) is 1. The smallest absolute Gasteiger partial charge is 0.346 e. The van der Waals surface area contributed by atoms with E-state index in [2.05, 4.69) is 9.97 Å². The number of halogens is 1. The average Bonchev–Trinajstić information content (AvgIpc) is 2.45. The van der Waals surface area contributed by atoms with E-state index in [0.29, 0.717) is 21.5 Å². The highest BCUT2D eigenvalue weighted by Gasteiger charge is 2.18. The number of rotatable bonds is 4. The van der Waals surface area contributed by atoms with E-state index in [9.17, 15) is 9.59 Å². The van der Waals surface area contributed by atoms with E-state index >= 15 is 0 Å². The monoisotopic (exact) mass is 324 g/mol. The van der Waals surface area contributed by atoms with Crippen molar-refractivity contribution in [3.63, 3.8) is 0 Å². The van der Waals surface area contributed by atoms with Gasteiger partial charge in [0.2, 0.25) is 0 Å². The second-order valence-corrected chi connectivity index (χ2v) is 5.65. The second-order valence-electron chi connectivity index (χ2n) is 4.25. The van der Waals surface area contributed by atoms with Crippen molar-refractivity contribution in [1.29, 1.82) is 0 Å². The quantitative estimate of drug-likeness (QED) is 0.532. The second kappa shape index (κ2) is 6.78. The Kier molecular flexibility index (Phi) is 5.03. The first-order valence-electron chi connectivity index (χ1n) is 6.07. The van der Waals surface area contributed by atoms with Gasteiger partial charge in [-0.3, -0.25) is 0 Å². The van der Waals surface area contributed by atoms with Crippen LogP contribution in [-0.2, 0) is 10.5 Å². The molecular formula is C14H13ClN2O3S. The van der Waals surface area contributed by atoms with Gasteiger partial charge in [0, 0.05) is 16.5 Å². The first-order valence-corrected chi connectivity index (χ1v) is 7.44. The van der Waals surface area contributed by atoms with Crippen LogP contribution in [0.2, 0.25) is 5.02 Å². The molecule has 2 aromatic rings. The Balaban J connectivity index is 2.28. The molecule has 5 nitrogen and oxygen atoms in total. The molecule has 1 heterocycles. The Labute approximate surface area is 130 Å². The Morgan fingerprint density at radius 2 is 2.05 bits per heavy atom. The van der Waals surface area contributed by atoms with Gasteiger partial charge in [0.05, 0.1) is 7.11 Å². The topological polar surface area (TPSA) is 72.0 Å². The highest BCUT2D eigenvalue weighted by atomic mass is 35.5. The van der Waals surface area contributed by atoms with Crippen molar-refractivity contribution in [3.05, 3.63) is 56.6 Å². The van der Waals surface area contributed by atoms with Crippen LogP contribution in [0, 0.1) is 6.92 Å². The third-order valence-corrected chi connectivity index (χ3v) is 4.06. The molecule has 1 aromatic carbocycles. The summed E-state index contributed by atoms with van der Waals surface area (Å²) in [6.45, 7) is 1.64. The predicted molar refractivity (Wildman–Crippen MR) is 81.9 cm³/mol. The molecule has 7 heteroatoms. The summed E-state index contributed by atoms with van der Waals surface area (Å²) in [6.07, 6.45) is 0. The molecule has 1 aromatic heterocycles. The van der Waals surface area contributed by atoms with Gasteiger partial charge in [-0.1, -0.05) is 23.7 Å². The van der Waals surface area contributed by atoms with E-state index in [0.717, 1.165) is 5.56 Å². The lowest BCUT2D eigenvalue weighted by Crippen LogP contribution is -2.19. The molecule has 0 aliphatic heterocycles. The van der Waals surface area contributed by atoms with Gasteiger partial charge in [-0.2, -0.15) is 4.98 Å². The molecule has 1 N–H and O–H groups in total. The maximum atomic E-state index is 11.8. The molecule has 0 atom stereocenters. The molecule has 21 heavy (non-hydrogen) atoms. The third-order valence-electron chi connectivity index (χ3n) is 2.76. The molecule has 110 valence electrons. The summed E-state index contributed by atoms with van der Waals surface area (Å²) in [4.78, 5) is 29.7. The predicted octanol–water partition coefficient (Wildman–Crippen LogP) is 2.81. The fourth-order valence-electron chi connectivity index (χ4n) is 1.74. The number of hydrogen-bond acceptors (Lipinski definition) is 5. The van der Waals surface area contributed by atoms with Gasteiger partial charge in [-0.05, 0) is 24.6 Å². The largest absolute Gasteiger partial charge is 0.465 e. The zero-order chi connectivity index (χ0) is 15.4. The van der Waals surface area contributed by atoms with Gasteiger partial charge in [0.15, 0.2) is 0 Å². The number of benzene rings is 1. The van der Waals surface area contributed by atoms with Crippen LogP contribution in [0.15, 0.2) is 34.1 Å². The summed E-state index contributed by atoms with van der Waals surface area (Å²) in [5.41, 5.74) is 1.26. The molecule has 0 aliphatic carbocycles. The minimum Gasteiger partial charge on any atom is -0.465 e. The third kappa shape index (κ3) is 3.86. The average molecular weight is 325 g/mol.